The van der Waals surface area contributed by atoms with Crippen LogP contribution in [-0.2, 0) is 9.53 Å². The highest BCUT2D eigenvalue weighted by Gasteiger charge is 2.24. The molecule has 1 saturated heterocycles. The summed E-state index contributed by atoms with van der Waals surface area (Å²) in [5.74, 6) is 7.86. The first kappa shape index (κ1) is 16.6. The molecule has 0 bridgehead atoms. The van der Waals surface area contributed by atoms with Crippen LogP contribution in [0, 0.1) is 0 Å². The first-order valence-electron chi connectivity index (χ1n) is 8.37. The van der Waals surface area contributed by atoms with Crippen LogP contribution < -0.4 is 5.84 Å². The average Bonchev–Trinajstić information content (AvgIpc) is 2.94. The fourth-order valence-corrected chi connectivity index (χ4v) is 4.05. The van der Waals surface area contributed by atoms with Gasteiger partial charge in [0.1, 0.15) is 0 Å². The number of nitrogen functional groups attached to an aromatic ring is 1. The Labute approximate surface area is 140 Å². The van der Waals surface area contributed by atoms with Gasteiger partial charge in [0.05, 0.1) is 18.5 Å². The summed E-state index contributed by atoms with van der Waals surface area (Å²) in [7, 11) is 0. The molecule has 1 amide bonds. The Balaban J connectivity index is 1.56. The van der Waals surface area contributed by atoms with Gasteiger partial charge < -0.3 is 15.5 Å². The van der Waals surface area contributed by atoms with Gasteiger partial charge in [-0.15, -0.1) is 10.2 Å². The Morgan fingerprint density at radius 1 is 1.35 bits per heavy atom. The quantitative estimate of drug-likeness (QED) is 0.659. The van der Waals surface area contributed by atoms with Crippen molar-refractivity contribution >= 4 is 17.7 Å². The van der Waals surface area contributed by atoms with Crippen LogP contribution in [0.3, 0.4) is 0 Å². The van der Waals surface area contributed by atoms with E-state index in [0.717, 1.165) is 18.7 Å². The number of nitrogens with zero attached hydrogens (tertiary/aromatic N) is 4. The van der Waals surface area contributed by atoms with Crippen LogP contribution in [0.1, 0.15) is 50.8 Å². The lowest BCUT2D eigenvalue weighted by Crippen LogP contribution is -2.45. The summed E-state index contributed by atoms with van der Waals surface area (Å²) in [6.45, 7) is 3.91. The maximum absolute atomic E-state index is 12.3. The van der Waals surface area contributed by atoms with Gasteiger partial charge in [-0.2, -0.15) is 0 Å². The van der Waals surface area contributed by atoms with E-state index in [4.69, 9.17) is 10.6 Å². The van der Waals surface area contributed by atoms with Gasteiger partial charge in [0.2, 0.25) is 11.1 Å². The molecular weight excluding hydrogens is 314 g/mol. The van der Waals surface area contributed by atoms with Crippen molar-refractivity contribution < 1.29 is 9.53 Å². The van der Waals surface area contributed by atoms with Crippen LogP contribution in [-0.4, -0.2) is 57.2 Å². The van der Waals surface area contributed by atoms with Crippen LogP contribution in [0.2, 0.25) is 0 Å². The monoisotopic (exact) mass is 339 g/mol. The normalized spacial score (nSPS) is 23.2. The highest BCUT2D eigenvalue weighted by atomic mass is 32.2. The van der Waals surface area contributed by atoms with Crippen molar-refractivity contribution in [1.82, 2.24) is 19.8 Å². The maximum atomic E-state index is 12.3. The molecule has 1 atom stereocenters. The van der Waals surface area contributed by atoms with E-state index in [-0.39, 0.29) is 12.0 Å². The molecule has 2 N–H and O–H groups in total. The minimum atomic E-state index is 0.104. The number of carbonyl (C=O) groups is 1. The third-order valence-corrected chi connectivity index (χ3v) is 5.51. The summed E-state index contributed by atoms with van der Waals surface area (Å²) >= 11 is 1.37. The zero-order chi connectivity index (χ0) is 16.2. The number of carbonyl (C=O) groups excluding carboxylic acids is 1. The summed E-state index contributed by atoms with van der Waals surface area (Å²) < 4.78 is 7.04. The highest BCUT2D eigenvalue weighted by molar-refractivity contribution is 7.99. The Hall–Kier alpha value is -1.28. The Morgan fingerprint density at radius 2 is 2.13 bits per heavy atom. The van der Waals surface area contributed by atoms with Gasteiger partial charge in [-0.3, -0.25) is 4.79 Å². The molecular formula is C15H25N5O2S. The standard InChI is InChI=1S/C15H25N5O2S/c1-11-9-19(7-8-22-11)13(21)10-23-15-18-17-14(20(15)16)12-5-3-2-4-6-12/h11-12H,2-10,16H2,1H3. The van der Waals surface area contributed by atoms with Gasteiger partial charge in [-0.1, -0.05) is 31.0 Å². The molecule has 1 aliphatic heterocycles. The molecule has 2 fully saturated rings. The van der Waals surface area contributed by atoms with Crippen LogP contribution in [0.5, 0.6) is 0 Å². The fraction of sp³-hybridized carbons (Fsp3) is 0.800. The molecule has 1 saturated carbocycles. The van der Waals surface area contributed by atoms with Crippen molar-refractivity contribution in [3.63, 3.8) is 0 Å². The van der Waals surface area contributed by atoms with Crippen molar-refractivity contribution in [3.05, 3.63) is 5.82 Å². The van der Waals surface area contributed by atoms with Gasteiger partial charge in [0, 0.05) is 19.0 Å². The van der Waals surface area contributed by atoms with E-state index in [1.807, 2.05) is 11.8 Å². The molecule has 1 aliphatic carbocycles. The van der Waals surface area contributed by atoms with E-state index in [9.17, 15) is 4.79 Å². The second kappa shape index (κ2) is 7.53. The number of hydrogen-bond donors (Lipinski definition) is 1. The Bertz CT molecular complexity index is 544. The first-order valence-corrected chi connectivity index (χ1v) is 9.36. The zero-order valence-electron chi connectivity index (χ0n) is 13.6. The van der Waals surface area contributed by atoms with Gasteiger partial charge in [-0.25, -0.2) is 4.68 Å². The third kappa shape index (κ3) is 3.98. The lowest BCUT2D eigenvalue weighted by molar-refractivity contribution is -0.135. The van der Waals surface area contributed by atoms with Gasteiger partial charge in [0.15, 0.2) is 5.82 Å². The molecule has 3 rings (SSSR count). The van der Waals surface area contributed by atoms with Crippen molar-refractivity contribution in [3.8, 4) is 0 Å². The number of nitrogens with two attached hydrogens (primary N) is 1. The Morgan fingerprint density at radius 3 is 2.87 bits per heavy atom. The number of hydrogen-bond acceptors (Lipinski definition) is 6. The summed E-state index contributed by atoms with van der Waals surface area (Å²) in [6.07, 6.45) is 6.12. The van der Waals surface area contributed by atoms with Crippen molar-refractivity contribution in [2.24, 2.45) is 0 Å². The maximum Gasteiger partial charge on any atom is 0.233 e. The van der Waals surface area contributed by atoms with Gasteiger partial charge >= 0.3 is 0 Å². The molecule has 128 valence electrons. The number of morpholine rings is 1. The first-order chi connectivity index (χ1) is 11.1. The molecule has 1 aromatic heterocycles. The van der Waals surface area contributed by atoms with Crippen molar-refractivity contribution in [2.45, 2.75) is 56.2 Å². The van der Waals surface area contributed by atoms with Gasteiger partial charge in [0.25, 0.3) is 0 Å². The van der Waals surface area contributed by atoms with Crippen LogP contribution >= 0.6 is 11.8 Å². The van der Waals surface area contributed by atoms with E-state index in [0.29, 0.717) is 36.5 Å². The number of ether oxygens (including phenoxy) is 1. The summed E-state index contributed by atoms with van der Waals surface area (Å²) in [4.78, 5) is 14.1. The smallest absolute Gasteiger partial charge is 0.233 e. The number of thioether (sulfide) groups is 1. The summed E-state index contributed by atoms with van der Waals surface area (Å²) in [6, 6.07) is 0. The lowest BCUT2D eigenvalue weighted by Gasteiger charge is -2.31. The van der Waals surface area contributed by atoms with Crippen LogP contribution in [0.4, 0.5) is 0 Å². The van der Waals surface area contributed by atoms with Gasteiger partial charge in [-0.05, 0) is 19.8 Å². The minimum Gasteiger partial charge on any atom is -0.375 e. The molecule has 1 aromatic rings. The predicted molar refractivity (Wildman–Crippen MR) is 88.7 cm³/mol. The molecule has 0 radical (unpaired) electrons. The largest absolute Gasteiger partial charge is 0.375 e. The number of rotatable bonds is 4. The van der Waals surface area contributed by atoms with Crippen molar-refractivity contribution in [2.75, 3.05) is 31.3 Å². The van der Waals surface area contributed by atoms with E-state index in [1.165, 1.54) is 31.0 Å². The van der Waals surface area contributed by atoms with E-state index >= 15 is 0 Å². The van der Waals surface area contributed by atoms with E-state index in [2.05, 4.69) is 10.2 Å². The topological polar surface area (TPSA) is 86.3 Å². The third-order valence-electron chi connectivity index (χ3n) is 4.58. The SMILES string of the molecule is CC1CN(C(=O)CSc2nnc(C3CCCCC3)n2N)CCO1. The predicted octanol–water partition coefficient (Wildman–Crippen LogP) is 1.38. The highest BCUT2D eigenvalue weighted by Crippen LogP contribution is 2.32. The summed E-state index contributed by atoms with van der Waals surface area (Å²) in [5, 5.41) is 9.07. The van der Waals surface area contributed by atoms with E-state index < -0.39 is 0 Å². The molecule has 2 heterocycles. The molecule has 7 nitrogen and oxygen atoms in total. The molecule has 0 aromatic carbocycles. The molecule has 1 unspecified atom stereocenters. The zero-order valence-corrected chi connectivity index (χ0v) is 14.4. The summed E-state index contributed by atoms with van der Waals surface area (Å²) in [5.41, 5.74) is 0. The van der Waals surface area contributed by atoms with Crippen LogP contribution in [0.25, 0.3) is 0 Å². The molecule has 2 aliphatic rings. The molecule has 23 heavy (non-hydrogen) atoms. The molecule has 8 heteroatoms. The van der Waals surface area contributed by atoms with Crippen LogP contribution in [0.15, 0.2) is 5.16 Å². The second-order valence-corrected chi connectivity index (χ2v) is 7.30. The van der Waals surface area contributed by atoms with Crippen molar-refractivity contribution in [1.29, 1.82) is 0 Å². The average molecular weight is 339 g/mol. The molecule has 0 spiro atoms. The number of aromatic nitrogens is 3. The Kier molecular flexibility index (Phi) is 5.42. The fourth-order valence-electron chi connectivity index (χ4n) is 3.29. The second-order valence-electron chi connectivity index (χ2n) is 6.36. The minimum absolute atomic E-state index is 0.104. The lowest BCUT2D eigenvalue weighted by atomic mass is 9.89. The number of amides is 1. The van der Waals surface area contributed by atoms with E-state index in [1.54, 1.807) is 4.68 Å².